The van der Waals surface area contributed by atoms with Gasteiger partial charge in [-0.25, -0.2) is 0 Å². The molecular formula is C17H25N3O. The second-order valence-corrected chi connectivity index (χ2v) is 6.10. The van der Waals surface area contributed by atoms with E-state index in [1.165, 1.54) is 5.69 Å². The van der Waals surface area contributed by atoms with E-state index in [0.717, 1.165) is 52.1 Å². The molecule has 2 saturated heterocycles. The monoisotopic (exact) mass is 287 g/mol. The van der Waals surface area contributed by atoms with Gasteiger partial charge in [-0.3, -0.25) is 9.69 Å². The Hall–Kier alpha value is -1.55. The van der Waals surface area contributed by atoms with Gasteiger partial charge in [0.05, 0.1) is 0 Å². The second kappa shape index (κ2) is 6.48. The van der Waals surface area contributed by atoms with Crippen LogP contribution in [0.15, 0.2) is 30.3 Å². The van der Waals surface area contributed by atoms with Gasteiger partial charge in [0, 0.05) is 57.9 Å². The van der Waals surface area contributed by atoms with E-state index in [1.54, 1.807) is 6.92 Å². The van der Waals surface area contributed by atoms with Crippen LogP contribution in [0.4, 0.5) is 5.69 Å². The number of nitrogens with zero attached hydrogens (tertiary/aromatic N) is 3. The maximum absolute atomic E-state index is 11.4. The van der Waals surface area contributed by atoms with Crippen molar-refractivity contribution in [2.45, 2.75) is 25.8 Å². The van der Waals surface area contributed by atoms with Crippen LogP contribution in [0.25, 0.3) is 0 Å². The molecule has 2 heterocycles. The molecule has 0 spiro atoms. The lowest BCUT2D eigenvalue weighted by Gasteiger charge is -2.43. The number of likely N-dealkylation sites (tertiary alicyclic amines) is 1. The molecule has 0 atom stereocenters. The van der Waals surface area contributed by atoms with E-state index in [1.807, 2.05) is 4.90 Å². The van der Waals surface area contributed by atoms with Crippen molar-refractivity contribution in [3.63, 3.8) is 0 Å². The van der Waals surface area contributed by atoms with Gasteiger partial charge in [-0.15, -0.1) is 0 Å². The summed E-state index contributed by atoms with van der Waals surface area (Å²) in [5.41, 5.74) is 1.34. The molecule has 114 valence electrons. The van der Waals surface area contributed by atoms with E-state index in [0.29, 0.717) is 6.04 Å². The number of benzene rings is 1. The van der Waals surface area contributed by atoms with Gasteiger partial charge in [-0.1, -0.05) is 18.2 Å². The minimum absolute atomic E-state index is 0.224. The summed E-state index contributed by atoms with van der Waals surface area (Å²) in [5, 5.41) is 0. The molecule has 0 aromatic heterocycles. The number of hydrogen-bond donors (Lipinski definition) is 0. The molecule has 2 aliphatic rings. The first-order valence-corrected chi connectivity index (χ1v) is 8.03. The third kappa shape index (κ3) is 3.38. The van der Waals surface area contributed by atoms with E-state index in [-0.39, 0.29) is 5.91 Å². The van der Waals surface area contributed by atoms with Crippen molar-refractivity contribution in [2.75, 3.05) is 44.2 Å². The third-order valence-corrected chi connectivity index (χ3v) is 4.86. The lowest BCUT2D eigenvalue weighted by atomic mass is 10.0. The Labute approximate surface area is 127 Å². The first-order chi connectivity index (χ1) is 10.2. The number of hydrogen-bond acceptors (Lipinski definition) is 3. The standard InChI is InChI=1S/C17H25N3O/c1-15(21)18-9-7-17(8-10-18)20-13-11-19(12-14-20)16-5-3-2-4-6-16/h2-6,17H,7-14H2,1H3. The van der Waals surface area contributed by atoms with Crippen LogP contribution < -0.4 is 4.90 Å². The number of amides is 1. The molecule has 0 radical (unpaired) electrons. The molecule has 4 heteroatoms. The normalized spacial score (nSPS) is 21.6. The average molecular weight is 287 g/mol. The van der Waals surface area contributed by atoms with Crippen LogP contribution in [0.2, 0.25) is 0 Å². The fourth-order valence-corrected chi connectivity index (χ4v) is 3.53. The molecule has 4 nitrogen and oxygen atoms in total. The molecule has 0 saturated carbocycles. The Kier molecular flexibility index (Phi) is 4.44. The summed E-state index contributed by atoms with van der Waals surface area (Å²) in [6.45, 7) is 8.03. The number of para-hydroxylation sites is 1. The number of rotatable bonds is 2. The average Bonchev–Trinajstić information content (AvgIpc) is 2.56. The Morgan fingerprint density at radius 3 is 2.14 bits per heavy atom. The van der Waals surface area contributed by atoms with Crippen molar-refractivity contribution in [3.8, 4) is 0 Å². The number of piperazine rings is 1. The zero-order valence-electron chi connectivity index (χ0n) is 12.9. The fraction of sp³-hybridized carbons (Fsp3) is 0.588. The SMILES string of the molecule is CC(=O)N1CCC(N2CCN(c3ccccc3)CC2)CC1. The molecule has 0 N–H and O–H groups in total. The number of carbonyl (C=O) groups is 1. The van der Waals surface area contributed by atoms with Crippen LogP contribution in [0.3, 0.4) is 0 Å². The smallest absolute Gasteiger partial charge is 0.219 e. The quantitative estimate of drug-likeness (QED) is 0.830. The predicted molar refractivity (Wildman–Crippen MR) is 85.5 cm³/mol. The van der Waals surface area contributed by atoms with Crippen LogP contribution in [-0.2, 0) is 4.79 Å². The summed E-state index contributed by atoms with van der Waals surface area (Å²) in [6, 6.07) is 11.3. The first-order valence-electron chi connectivity index (χ1n) is 8.03. The number of carbonyl (C=O) groups excluding carboxylic acids is 1. The van der Waals surface area contributed by atoms with Crippen LogP contribution in [-0.4, -0.2) is 61.0 Å². The zero-order chi connectivity index (χ0) is 14.7. The van der Waals surface area contributed by atoms with Crippen LogP contribution in [0.1, 0.15) is 19.8 Å². The zero-order valence-corrected chi connectivity index (χ0v) is 12.9. The summed E-state index contributed by atoms with van der Waals surface area (Å²) >= 11 is 0. The molecule has 1 aromatic carbocycles. The first kappa shape index (κ1) is 14.4. The molecule has 1 aromatic rings. The van der Waals surface area contributed by atoms with Gasteiger partial charge in [-0.2, -0.15) is 0 Å². The lowest BCUT2D eigenvalue weighted by molar-refractivity contribution is -0.130. The maximum Gasteiger partial charge on any atom is 0.219 e. The lowest BCUT2D eigenvalue weighted by Crippen LogP contribution is -2.53. The highest BCUT2D eigenvalue weighted by Crippen LogP contribution is 2.21. The van der Waals surface area contributed by atoms with E-state index in [2.05, 4.69) is 40.1 Å². The third-order valence-electron chi connectivity index (χ3n) is 4.86. The molecule has 2 aliphatic heterocycles. The highest BCUT2D eigenvalue weighted by Gasteiger charge is 2.28. The molecule has 0 aliphatic carbocycles. The molecule has 2 fully saturated rings. The van der Waals surface area contributed by atoms with Crippen molar-refractivity contribution < 1.29 is 4.79 Å². The van der Waals surface area contributed by atoms with Crippen molar-refractivity contribution in [1.82, 2.24) is 9.80 Å². The minimum Gasteiger partial charge on any atom is -0.369 e. The van der Waals surface area contributed by atoms with E-state index in [4.69, 9.17) is 0 Å². The van der Waals surface area contributed by atoms with Gasteiger partial charge >= 0.3 is 0 Å². The fourth-order valence-electron chi connectivity index (χ4n) is 3.53. The summed E-state index contributed by atoms with van der Waals surface area (Å²) in [4.78, 5) is 18.5. The van der Waals surface area contributed by atoms with Gasteiger partial charge in [0.15, 0.2) is 0 Å². The minimum atomic E-state index is 0.224. The van der Waals surface area contributed by atoms with Crippen LogP contribution >= 0.6 is 0 Å². The van der Waals surface area contributed by atoms with E-state index >= 15 is 0 Å². The summed E-state index contributed by atoms with van der Waals surface area (Å²) < 4.78 is 0. The number of piperidine rings is 1. The highest BCUT2D eigenvalue weighted by molar-refractivity contribution is 5.73. The van der Waals surface area contributed by atoms with Crippen LogP contribution in [0, 0.1) is 0 Å². The predicted octanol–water partition coefficient (Wildman–Crippen LogP) is 1.82. The largest absolute Gasteiger partial charge is 0.369 e. The van der Waals surface area contributed by atoms with Crippen molar-refractivity contribution in [1.29, 1.82) is 0 Å². The molecule has 0 unspecified atom stereocenters. The molecule has 0 bridgehead atoms. The van der Waals surface area contributed by atoms with Gasteiger partial charge in [0.25, 0.3) is 0 Å². The van der Waals surface area contributed by atoms with Crippen molar-refractivity contribution >= 4 is 11.6 Å². The van der Waals surface area contributed by atoms with Crippen LogP contribution in [0.5, 0.6) is 0 Å². The molecule has 21 heavy (non-hydrogen) atoms. The maximum atomic E-state index is 11.4. The topological polar surface area (TPSA) is 26.8 Å². The van der Waals surface area contributed by atoms with Gasteiger partial charge in [0.2, 0.25) is 5.91 Å². The molecule has 3 rings (SSSR count). The number of anilines is 1. The Balaban J connectivity index is 1.49. The second-order valence-electron chi connectivity index (χ2n) is 6.10. The highest BCUT2D eigenvalue weighted by atomic mass is 16.2. The summed E-state index contributed by atoms with van der Waals surface area (Å²) in [5.74, 6) is 0.224. The van der Waals surface area contributed by atoms with Gasteiger partial charge in [-0.05, 0) is 25.0 Å². The molecular weight excluding hydrogens is 262 g/mol. The van der Waals surface area contributed by atoms with Gasteiger partial charge < -0.3 is 9.80 Å². The Morgan fingerprint density at radius 1 is 0.952 bits per heavy atom. The Bertz CT molecular complexity index is 460. The van der Waals surface area contributed by atoms with E-state index < -0.39 is 0 Å². The van der Waals surface area contributed by atoms with Crippen molar-refractivity contribution in [3.05, 3.63) is 30.3 Å². The Morgan fingerprint density at radius 2 is 1.57 bits per heavy atom. The summed E-state index contributed by atoms with van der Waals surface area (Å²) in [6.07, 6.45) is 2.26. The summed E-state index contributed by atoms with van der Waals surface area (Å²) in [7, 11) is 0. The van der Waals surface area contributed by atoms with Crippen molar-refractivity contribution in [2.24, 2.45) is 0 Å². The van der Waals surface area contributed by atoms with Gasteiger partial charge in [0.1, 0.15) is 0 Å². The molecule has 1 amide bonds. The van der Waals surface area contributed by atoms with E-state index in [9.17, 15) is 4.79 Å².